The minimum atomic E-state index is 0.0972. The van der Waals surface area contributed by atoms with Crippen LogP contribution in [0.4, 0.5) is 0 Å². The Hall–Kier alpha value is -3.09. The average Bonchev–Trinajstić information content (AvgIpc) is 3.24. The number of allylic oxidation sites excluding steroid dienone is 2. The van der Waals surface area contributed by atoms with E-state index in [1.54, 1.807) is 7.05 Å². The van der Waals surface area contributed by atoms with Crippen molar-refractivity contribution >= 4 is 11.8 Å². The summed E-state index contributed by atoms with van der Waals surface area (Å²) in [6, 6.07) is 12.6. The van der Waals surface area contributed by atoms with Crippen molar-refractivity contribution in [1.29, 1.82) is 0 Å². The molecule has 3 aromatic rings. The van der Waals surface area contributed by atoms with E-state index in [9.17, 15) is 0 Å². The Morgan fingerprint density at radius 2 is 1.97 bits per heavy atom. The number of nitrogens with zero attached hydrogens (tertiary/aromatic N) is 4. The second-order valence-corrected chi connectivity index (χ2v) is 8.73. The molecule has 0 spiro atoms. The van der Waals surface area contributed by atoms with Gasteiger partial charge in [-0.2, -0.15) is 5.10 Å². The Kier molecular flexibility index (Phi) is 8.31. The van der Waals surface area contributed by atoms with Crippen molar-refractivity contribution < 1.29 is 9.84 Å². The van der Waals surface area contributed by atoms with Crippen LogP contribution >= 0.6 is 0 Å². The number of aryl methyl sites for hydroxylation is 2. The Balaban J connectivity index is 0.000000374. The number of hydrogen-bond acceptors (Lipinski definition) is 5. The average molecular weight is 447 g/mol. The van der Waals surface area contributed by atoms with Crippen molar-refractivity contribution in [2.45, 2.75) is 27.2 Å². The predicted octanol–water partition coefficient (Wildman–Crippen LogP) is 4.97. The topological polar surface area (TPSA) is 72.5 Å². The third kappa shape index (κ3) is 6.24. The molecule has 0 radical (unpaired) electrons. The number of aliphatic imine (C=N–C) groups is 1. The maximum absolute atomic E-state index is 8.57. The lowest BCUT2D eigenvalue weighted by atomic mass is 9.90. The van der Waals surface area contributed by atoms with E-state index in [-0.39, 0.29) is 12.0 Å². The van der Waals surface area contributed by atoms with Gasteiger partial charge in [-0.25, -0.2) is 0 Å². The molecule has 0 unspecified atom stereocenters. The molecule has 6 heteroatoms. The van der Waals surface area contributed by atoms with Gasteiger partial charge in [0.05, 0.1) is 31.7 Å². The molecule has 2 aromatic heterocycles. The Morgan fingerprint density at radius 3 is 2.48 bits per heavy atom. The van der Waals surface area contributed by atoms with Crippen molar-refractivity contribution in [3.8, 4) is 22.4 Å². The normalized spacial score (nSPS) is 15.2. The van der Waals surface area contributed by atoms with Crippen LogP contribution in [0, 0.1) is 12.3 Å². The lowest BCUT2D eigenvalue weighted by molar-refractivity contribution is -0.125. The number of hydrogen-bond donors (Lipinski definition) is 1. The number of benzene rings is 1. The third-order valence-electron chi connectivity index (χ3n) is 5.57. The van der Waals surface area contributed by atoms with Crippen molar-refractivity contribution in [2.24, 2.45) is 17.5 Å². The summed E-state index contributed by atoms with van der Waals surface area (Å²) in [6.45, 7) is 7.90. The first-order valence-corrected chi connectivity index (χ1v) is 11.3. The molecule has 174 valence electrons. The fourth-order valence-electron chi connectivity index (χ4n) is 3.59. The number of aromatic nitrogens is 3. The van der Waals surface area contributed by atoms with Crippen LogP contribution in [0.3, 0.4) is 0 Å². The Labute approximate surface area is 196 Å². The van der Waals surface area contributed by atoms with Crippen LogP contribution in [0.25, 0.3) is 28.0 Å². The monoisotopic (exact) mass is 446 g/mol. The Morgan fingerprint density at radius 1 is 1.21 bits per heavy atom. The van der Waals surface area contributed by atoms with E-state index < -0.39 is 0 Å². The van der Waals surface area contributed by atoms with Gasteiger partial charge >= 0.3 is 0 Å². The molecule has 3 heterocycles. The van der Waals surface area contributed by atoms with Gasteiger partial charge in [0.15, 0.2) is 0 Å². The first kappa shape index (κ1) is 24.6. The van der Waals surface area contributed by atoms with Crippen LogP contribution in [0.2, 0.25) is 0 Å². The summed E-state index contributed by atoms with van der Waals surface area (Å²) >= 11 is 0. The minimum absolute atomic E-state index is 0.0972. The number of pyridine rings is 1. The van der Waals surface area contributed by atoms with Gasteiger partial charge in [-0.15, -0.1) is 0 Å². The SMILES string of the molecule is CC/C=C(\C=NC)c1ccc(-c2cccc(-c3cnn(C)c3)c2)nc1C.CC1(CO)COC1. The van der Waals surface area contributed by atoms with Crippen LogP contribution in [0.5, 0.6) is 0 Å². The molecule has 0 saturated carbocycles. The zero-order valence-electron chi connectivity index (χ0n) is 20.2. The van der Waals surface area contributed by atoms with Crippen LogP contribution in [-0.2, 0) is 11.8 Å². The molecule has 0 aliphatic carbocycles. The first-order valence-electron chi connectivity index (χ1n) is 11.3. The van der Waals surface area contributed by atoms with Crippen LogP contribution < -0.4 is 0 Å². The quantitative estimate of drug-likeness (QED) is 0.543. The summed E-state index contributed by atoms with van der Waals surface area (Å²) in [6.07, 6.45) is 8.95. The summed E-state index contributed by atoms with van der Waals surface area (Å²) in [7, 11) is 3.72. The van der Waals surface area contributed by atoms with Gasteiger partial charge in [0.2, 0.25) is 0 Å². The molecule has 33 heavy (non-hydrogen) atoms. The van der Waals surface area contributed by atoms with Gasteiger partial charge in [0, 0.05) is 54.3 Å². The maximum Gasteiger partial charge on any atom is 0.0705 e. The van der Waals surface area contributed by atoms with Crippen LogP contribution in [0.1, 0.15) is 31.5 Å². The molecule has 0 amide bonds. The van der Waals surface area contributed by atoms with Gasteiger partial charge < -0.3 is 9.84 Å². The van der Waals surface area contributed by atoms with E-state index in [0.29, 0.717) is 0 Å². The summed E-state index contributed by atoms with van der Waals surface area (Å²) in [4.78, 5) is 9.02. The van der Waals surface area contributed by atoms with E-state index in [4.69, 9.17) is 14.8 Å². The fourth-order valence-corrected chi connectivity index (χ4v) is 3.59. The molecule has 1 saturated heterocycles. The lowest BCUT2D eigenvalue weighted by Gasteiger charge is -2.35. The van der Waals surface area contributed by atoms with E-state index in [1.165, 1.54) is 0 Å². The zero-order valence-corrected chi connectivity index (χ0v) is 20.2. The smallest absolute Gasteiger partial charge is 0.0705 e. The van der Waals surface area contributed by atoms with E-state index in [0.717, 1.165) is 58.8 Å². The predicted molar refractivity (Wildman–Crippen MR) is 135 cm³/mol. The molecule has 0 bridgehead atoms. The van der Waals surface area contributed by atoms with Crippen molar-refractivity contribution in [2.75, 3.05) is 26.9 Å². The molecule has 4 rings (SSSR count). The highest BCUT2D eigenvalue weighted by Crippen LogP contribution is 2.27. The van der Waals surface area contributed by atoms with Crippen molar-refractivity contribution in [1.82, 2.24) is 14.8 Å². The molecule has 1 fully saturated rings. The maximum atomic E-state index is 8.57. The molecule has 6 nitrogen and oxygen atoms in total. The Bertz CT molecular complexity index is 1120. The molecule has 1 N–H and O–H groups in total. The first-order chi connectivity index (χ1) is 15.9. The van der Waals surface area contributed by atoms with Gasteiger partial charge in [-0.3, -0.25) is 14.7 Å². The van der Waals surface area contributed by atoms with Gasteiger partial charge in [0.1, 0.15) is 0 Å². The molecule has 1 aromatic carbocycles. The zero-order chi connectivity index (χ0) is 23.8. The molecule has 1 aliphatic rings. The largest absolute Gasteiger partial charge is 0.396 e. The summed E-state index contributed by atoms with van der Waals surface area (Å²) < 4.78 is 6.68. The highest BCUT2D eigenvalue weighted by molar-refractivity contribution is 6.10. The number of aliphatic hydroxyl groups is 1. The highest BCUT2D eigenvalue weighted by atomic mass is 16.5. The molecule has 0 atom stereocenters. The fraction of sp³-hybridized carbons (Fsp3) is 0.370. The standard InChI is InChI=1S/C22H24N4.C5H10O2/c1-5-7-19(13-23-3)21-10-11-22(25-16(21)2)18-9-6-8-17(12-18)20-14-24-26(4)15-20;1-5(2-6)3-7-4-5/h6-15H,5H2,1-4H3;6H,2-4H2,1H3/b19-7+,23-13?;. The summed E-state index contributed by atoms with van der Waals surface area (Å²) in [5, 5.41) is 12.8. The van der Waals surface area contributed by atoms with Crippen molar-refractivity contribution in [3.05, 3.63) is 66.1 Å². The third-order valence-corrected chi connectivity index (χ3v) is 5.57. The van der Waals surface area contributed by atoms with E-state index in [1.807, 2.05) is 37.3 Å². The van der Waals surface area contributed by atoms with Crippen LogP contribution in [-0.4, -0.2) is 53.0 Å². The molecular weight excluding hydrogens is 412 g/mol. The second-order valence-electron chi connectivity index (χ2n) is 8.73. The van der Waals surface area contributed by atoms with Gasteiger partial charge in [-0.1, -0.05) is 44.2 Å². The van der Waals surface area contributed by atoms with Gasteiger partial charge in [0.25, 0.3) is 0 Å². The number of ether oxygens (including phenoxy) is 1. The number of rotatable bonds is 6. The second kappa shape index (κ2) is 11.2. The van der Waals surface area contributed by atoms with E-state index >= 15 is 0 Å². The minimum Gasteiger partial charge on any atom is -0.396 e. The molecular formula is C27H34N4O2. The highest BCUT2D eigenvalue weighted by Gasteiger charge is 2.32. The van der Waals surface area contributed by atoms with E-state index in [2.05, 4.69) is 66.4 Å². The van der Waals surface area contributed by atoms with Crippen LogP contribution in [0.15, 0.2) is 59.9 Å². The lowest BCUT2D eigenvalue weighted by Crippen LogP contribution is -2.42. The molecule has 1 aliphatic heterocycles. The summed E-state index contributed by atoms with van der Waals surface area (Å²) in [5.74, 6) is 0. The number of aliphatic hydroxyl groups excluding tert-OH is 1. The van der Waals surface area contributed by atoms with Crippen molar-refractivity contribution in [3.63, 3.8) is 0 Å². The van der Waals surface area contributed by atoms with Gasteiger partial charge in [-0.05, 0) is 36.6 Å². The summed E-state index contributed by atoms with van der Waals surface area (Å²) in [5.41, 5.74) is 7.68.